The average Bonchev–Trinajstić information content (AvgIpc) is 2.40. The highest BCUT2D eigenvalue weighted by atomic mass is 79.9. The second-order valence-corrected chi connectivity index (χ2v) is 5.58. The van der Waals surface area contributed by atoms with E-state index in [1.165, 1.54) is 11.3 Å². The fourth-order valence-corrected chi connectivity index (χ4v) is 2.47. The third kappa shape index (κ3) is 5.51. The monoisotopic (exact) mass is 328 g/mol. The van der Waals surface area contributed by atoms with E-state index >= 15 is 0 Å². The van der Waals surface area contributed by atoms with Gasteiger partial charge in [0, 0.05) is 29.8 Å². The Kier molecular flexibility index (Phi) is 8.10. The van der Waals surface area contributed by atoms with Gasteiger partial charge in [-0.3, -0.25) is 0 Å². The first-order chi connectivity index (χ1) is 9.22. The average molecular weight is 329 g/mol. The molecule has 1 aromatic rings. The van der Waals surface area contributed by atoms with Gasteiger partial charge in [-0.1, -0.05) is 35.8 Å². The Labute approximate surface area is 125 Å². The van der Waals surface area contributed by atoms with Crippen molar-refractivity contribution >= 4 is 21.6 Å². The first kappa shape index (κ1) is 16.5. The van der Waals surface area contributed by atoms with E-state index in [1.54, 1.807) is 0 Å². The van der Waals surface area contributed by atoms with Gasteiger partial charge in [-0.25, -0.2) is 0 Å². The minimum absolute atomic E-state index is 0.189. The predicted octanol–water partition coefficient (Wildman–Crippen LogP) is 3.16. The van der Waals surface area contributed by atoms with Crippen LogP contribution in [-0.2, 0) is 6.54 Å². The highest BCUT2D eigenvalue weighted by Crippen LogP contribution is 2.25. The summed E-state index contributed by atoms with van der Waals surface area (Å²) in [5, 5.41) is 12.7. The number of hydrogen-bond donors (Lipinski definition) is 2. The van der Waals surface area contributed by atoms with E-state index in [0.29, 0.717) is 6.54 Å². The Hall–Kier alpha value is -0.580. The molecule has 0 fully saturated rings. The molecular formula is C15H25BrN2O. The van der Waals surface area contributed by atoms with Gasteiger partial charge in [-0.15, -0.1) is 0 Å². The summed E-state index contributed by atoms with van der Waals surface area (Å²) in [5.74, 6) is 0. The van der Waals surface area contributed by atoms with E-state index in [1.807, 2.05) is 0 Å². The molecule has 0 heterocycles. The molecule has 0 unspecified atom stereocenters. The Bertz CT molecular complexity index is 365. The van der Waals surface area contributed by atoms with Crippen molar-refractivity contribution in [1.82, 2.24) is 5.32 Å². The van der Waals surface area contributed by atoms with Crippen LogP contribution in [0.25, 0.3) is 0 Å². The van der Waals surface area contributed by atoms with Crippen LogP contribution in [0.3, 0.4) is 0 Å². The largest absolute Gasteiger partial charge is 0.395 e. The molecule has 0 spiro atoms. The zero-order chi connectivity index (χ0) is 14.1. The third-order valence-electron chi connectivity index (χ3n) is 2.99. The Balaban J connectivity index is 2.89. The van der Waals surface area contributed by atoms with Crippen LogP contribution < -0.4 is 10.2 Å². The Morgan fingerprint density at radius 3 is 2.63 bits per heavy atom. The molecule has 0 radical (unpaired) electrons. The smallest absolute Gasteiger partial charge is 0.0606 e. The number of halogens is 1. The number of aliphatic hydroxyl groups excluding tert-OH is 1. The quantitative estimate of drug-likeness (QED) is 0.683. The molecule has 0 saturated carbocycles. The van der Waals surface area contributed by atoms with Crippen molar-refractivity contribution in [3.8, 4) is 0 Å². The van der Waals surface area contributed by atoms with E-state index in [-0.39, 0.29) is 6.61 Å². The number of benzene rings is 1. The summed E-state index contributed by atoms with van der Waals surface area (Å²) >= 11 is 3.54. The van der Waals surface area contributed by atoms with E-state index < -0.39 is 0 Å². The van der Waals surface area contributed by atoms with Crippen molar-refractivity contribution in [2.24, 2.45) is 0 Å². The number of rotatable bonds is 9. The van der Waals surface area contributed by atoms with Crippen LogP contribution in [0.2, 0.25) is 0 Å². The van der Waals surface area contributed by atoms with Crippen molar-refractivity contribution in [1.29, 1.82) is 0 Å². The molecule has 0 atom stereocenters. The molecule has 4 heteroatoms. The minimum Gasteiger partial charge on any atom is -0.395 e. The normalized spacial score (nSPS) is 10.7. The number of anilines is 1. The summed E-state index contributed by atoms with van der Waals surface area (Å²) < 4.78 is 1.08. The SMILES string of the molecule is CCCNCc1ccc(Br)cc1N(CCC)CCO. The molecule has 2 N–H and O–H groups in total. The molecule has 0 saturated heterocycles. The molecule has 108 valence electrons. The molecular weight excluding hydrogens is 304 g/mol. The second kappa shape index (κ2) is 9.34. The molecule has 19 heavy (non-hydrogen) atoms. The van der Waals surface area contributed by atoms with Gasteiger partial charge in [0.2, 0.25) is 0 Å². The molecule has 0 aliphatic heterocycles. The zero-order valence-corrected chi connectivity index (χ0v) is 13.5. The summed E-state index contributed by atoms with van der Waals surface area (Å²) in [5.41, 5.74) is 2.51. The van der Waals surface area contributed by atoms with Crippen LogP contribution in [0.5, 0.6) is 0 Å². The lowest BCUT2D eigenvalue weighted by atomic mass is 10.1. The Morgan fingerprint density at radius 1 is 1.21 bits per heavy atom. The van der Waals surface area contributed by atoms with Crippen LogP contribution in [0.15, 0.2) is 22.7 Å². The van der Waals surface area contributed by atoms with E-state index in [0.717, 1.165) is 36.9 Å². The van der Waals surface area contributed by atoms with Gasteiger partial charge in [0.25, 0.3) is 0 Å². The lowest BCUT2D eigenvalue weighted by Gasteiger charge is -2.26. The topological polar surface area (TPSA) is 35.5 Å². The van der Waals surface area contributed by atoms with Crippen LogP contribution in [0, 0.1) is 0 Å². The third-order valence-corrected chi connectivity index (χ3v) is 3.49. The lowest BCUT2D eigenvalue weighted by Crippen LogP contribution is -2.29. The molecule has 3 nitrogen and oxygen atoms in total. The van der Waals surface area contributed by atoms with Crippen molar-refractivity contribution in [2.75, 3.05) is 31.1 Å². The number of hydrogen-bond acceptors (Lipinski definition) is 3. The van der Waals surface area contributed by atoms with Crippen LogP contribution >= 0.6 is 15.9 Å². The summed E-state index contributed by atoms with van der Waals surface area (Å²) in [6.45, 7) is 8.09. The number of nitrogens with zero attached hydrogens (tertiary/aromatic N) is 1. The molecule has 1 rings (SSSR count). The van der Waals surface area contributed by atoms with Gasteiger partial charge in [0.15, 0.2) is 0 Å². The molecule has 0 aliphatic carbocycles. The summed E-state index contributed by atoms with van der Waals surface area (Å²) in [7, 11) is 0. The summed E-state index contributed by atoms with van der Waals surface area (Å²) in [6, 6.07) is 6.38. The molecule has 0 aliphatic rings. The summed E-state index contributed by atoms with van der Waals surface area (Å²) in [4.78, 5) is 2.26. The molecule has 0 aromatic heterocycles. The second-order valence-electron chi connectivity index (χ2n) is 4.66. The highest BCUT2D eigenvalue weighted by Gasteiger charge is 2.10. The van der Waals surface area contributed by atoms with E-state index in [4.69, 9.17) is 0 Å². The standard InChI is InChI=1S/C15H25BrN2O/c1-3-7-17-12-13-5-6-14(16)11-15(13)18(8-4-2)9-10-19/h5-6,11,17,19H,3-4,7-10,12H2,1-2H3. The molecule has 0 amide bonds. The van der Waals surface area contributed by atoms with Crippen molar-refractivity contribution < 1.29 is 5.11 Å². The van der Waals surface area contributed by atoms with Crippen molar-refractivity contribution in [3.05, 3.63) is 28.2 Å². The van der Waals surface area contributed by atoms with Crippen molar-refractivity contribution in [2.45, 2.75) is 33.2 Å². The fourth-order valence-electron chi connectivity index (χ4n) is 2.12. The van der Waals surface area contributed by atoms with Gasteiger partial charge in [0.1, 0.15) is 0 Å². The number of nitrogens with one attached hydrogen (secondary N) is 1. The maximum Gasteiger partial charge on any atom is 0.0606 e. The molecule has 0 bridgehead atoms. The summed E-state index contributed by atoms with van der Waals surface area (Å²) in [6.07, 6.45) is 2.22. The molecule has 1 aromatic carbocycles. The first-order valence-corrected chi connectivity index (χ1v) is 7.87. The van der Waals surface area contributed by atoms with Gasteiger partial charge in [-0.05, 0) is 37.1 Å². The van der Waals surface area contributed by atoms with E-state index in [9.17, 15) is 5.11 Å². The lowest BCUT2D eigenvalue weighted by molar-refractivity contribution is 0.301. The van der Waals surface area contributed by atoms with Gasteiger partial charge < -0.3 is 15.3 Å². The van der Waals surface area contributed by atoms with Gasteiger partial charge in [0.05, 0.1) is 6.61 Å². The number of aliphatic hydroxyl groups is 1. The predicted molar refractivity (Wildman–Crippen MR) is 85.7 cm³/mol. The first-order valence-electron chi connectivity index (χ1n) is 7.07. The minimum atomic E-state index is 0.189. The van der Waals surface area contributed by atoms with E-state index in [2.05, 4.69) is 58.2 Å². The van der Waals surface area contributed by atoms with Crippen LogP contribution in [0.4, 0.5) is 5.69 Å². The Morgan fingerprint density at radius 2 is 2.00 bits per heavy atom. The fraction of sp³-hybridized carbons (Fsp3) is 0.600. The maximum atomic E-state index is 9.23. The van der Waals surface area contributed by atoms with Gasteiger partial charge >= 0.3 is 0 Å². The maximum absolute atomic E-state index is 9.23. The van der Waals surface area contributed by atoms with Gasteiger partial charge in [-0.2, -0.15) is 0 Å². The zero-order valence-electron chi connectivity index (χ0n) is 12.0. The highest BCUT2D eigenvalue weighted by molar-refractivity contribution is 9.10. The van der Waals surface area contributed by atoms with Crippen LogP contribution in [0.1, 0.15) is 32.3 Å². The van der Waals surface area contributed by atoms with Crippen LogP contribution in [-0.4, -0.2) is 31.3 Å². The van der Waals surface area contributed by atoms with Crippen molar-refractivity contribution in [3.63, 3.8) is 0 Å².